The van der Waals surface area contributed by atoms with Crippen molar-refractivity contribution in [1.29, 1.82) is 0 Å². The summed E-state index contributed by atoms with van der Waals surface area (Å²) in [6, 6.07) is 4.13. The summed E-state index contributed by atoms with van der Waals surface area (Å²) in [5.41, 5.74) is 2.45. The molecule has 1 aliphatic rings. The SMILES string of the molecule is Cc1cc(CC(C)NC(=O)c2ccn(C3CCCNC3)n2)n[nH]1. The Morgan fingerprint density at radius 3 is 3.13 bits per heavy atom. The third-order valence-corrected chi connectivity index (χ3v) is 4.14. The Kier molecular flexibility index (Phi) is 4.76. The maximum Gasteiger partial charge on any atom is 0.271 e. The highest BCUT2D eigenvalue weighted by molar-refractivity contribution is 5.92. The molecule has 2 unspecified atom stereocenters. The minimum absolute atomic E-state index is 0.00620. The maximum absolute atomic E-state index is 12.3. The van der Waals surface area contributed by atoms with Crippen molar-refractivity contribution in [2.24, 2.45) is 0 Å². The van der Waals surface area contributed by atoms with Crippen LogP contribution in [0, 0.1) is 6.92 Å². The molecule has 3 N–H and O–H groups in total. The van der Waals surface area contributed by atoms with Gasteiger partial charge in [0.25, 0.3) is 5.91 Å². The largest absolute Gasteiger partial charge is 0.348 e. The Labute approximate surface area is 135 Å². The van der Waals surface area contributed by atoms with Crippen molar-refractivity contribution in [1.82, 2.24) is 30.6 Å². The fourth-order valence-electron chi connectivity index (χ4n) is 2.96. The summed E-state index contributed by atoms with van der Waals surface area (Å²) in [5, 5.41) is 17.9. The Hall–Kier alpha value is -2.15. The van der Waals surface area contributed by atoms with Gasteiger partial charge in [-0.05, 0) is 45.4 Å². The van der Waals surface area contributed by atoms with Crippen LogP contribution in [0.3, 0.4) is 0 Å². The molecule has 0 bridgehead atoms. The van der Waals surface area contributed by atoms with Crippen molar-refractivity contribution >= 4 is 5.91 Å². The number of H-pyrrole nitrogens is 1. The number of piperidine rings is 1. The van der Waals surface area contributed by atoms with Crippen molar-refractivity contribution in [3.05, 3.63) is 35.4 Å². The molecule has 1 aliphatic heterocycles. The van der Waals surface area contributed by atoms with E-state index in [4.69, 9.17) is 0 Å². The standard InChI is InChI=1S/C16H24N6O/c1-11(8-13-9-12(2)19-20-13)18-16(23)15-5-7-22(21-15)14-4-3-6-17-10-14/h5,7,9,11,14,17H,3-4,6,8,10H2,1-2H3,(H,18,23)(H,19,20). The van der Waals surface area contributed by atoms with Crippen LogP contribution in [0.15, 0.2) is 18.3 Å². The van der Waals surface area contributed by atoms with Gasteiger partial charge in [-0.15, -0.1) is 0 Å². The smallest absolute Gasteiger partial charge is 0.271 e. The van der Waals surface area contributed by atoms with Crippen LogP contribution >= 0.6 is 0 Å². The molecule has 3 rings (SSSR count). The maximum atomic E-state index is 12.3. The highest BCUT2D eigenvalue weighted by atomic mass is 16.2. The molecule has 2 aromatic heterocycles. The highest BCUT2D eigenvalue weighted by Gasteiger charge is 2.18. The van der Waals surface area contributed by atoms with Crippen molar-refractivity contribution in [2.75, 3.05) is 13.1 Å². The summed E-state index contributed by atoms with van der Waals surface area (Å²) in [5.74, 6) is -0.132. The molecule has 7 heteroatoms. The molecule has 3 heterocycles. The number of carbonyl (C=O) groups excluding carboxylic acids is 1. The average molecular weight is 316 g/mol. The summed E-state index contributed by atoms with van der Waals surface area (Å²) < 4.78 is 1.91. The number of aromatic amines is 1. The molecule has 1 fully saturated rings. The molecular weight excluding hydrogens is 292 g/mol. The second-order valence-corrected chi connectivity index (χ2v) is 6.30. The van der Waals surface area contributed by atoms with Gasteiger partial charge >= 0.3 is 0 Å². The van der Waals surface area contributed by atoms with Gasteiger partial charge in [0, 0.05) is 30.9 Å². The number of amides is 1. The molecule has 124 valence electrons. The lowest BCUT2D eigenvalue weighted by atomic mass is 10.1. The number of nitrogens with one attached hydrogen (secondary N) is 3. The van der Waals surface area contributed by atoms with Gasteiger partial charge in [0.15, 0.2) is 0 Å². The first kappa shape index (κ1) is 15.7. The third-order valence-electron chi connectivity index (χ3n) is 4.14. The lowest BCUT2D eigenvalue weighted by Crippen LogP contribution is -2.35. The summed E-state index contributed by atoms with van der Waals surface area (Å²) in [7, 11) is 0. The van der Waals surface area contributed by atoms with Gasteiger partial charge < -0.3 is 10.6 Å². The Bertz CT molecular complexity index is 655. The van der Waals surface area contributed by atoms with Gasteiger partial charge in [-0.2, -0.15) is 10.2 Å². The number of carbonyl (C=O) groups is 1. The van der Waals surface area contributed by atoms with Crippen LogP contribution < -0.4 is 10.6 Å². The van der Waals surface area contributed by atoms with Crippen LogP contribution in [0.25, 0.3) is 0 Å². The molecular formula is C16H24N6O. The second kappa shape index (κ2) is 6.95. The molecule has 1 amide bonds. The first-order valence-electron chi connectivity index (χ1n) is 8.19. The zero-order valence-electron chi connectivity index (χ0n) is 13.7. The van der Waals surface area contributed by atoms with E-state index in [9.17, 15) is 4.79 Å². The number of aryl methyl sites for hydroxylation is 1. The van der Waals surface area contributed by atoms with Crippen molar-refractivity contribution in [3.63, 3.8) is 0 Å². The molecule has 0 radical (unpaired) electrons. The first-order valence-corrected chi connectivity index (χ1v) is 8.19. The van der Waals surface area contributed by atoms with Crippen molar-refractivity contribution in [2.45, 2.75) is 45.2 Å². The van der Waals surface area contributed by atoms with E-state index >= 15 is 0 Å². The number of hydrogen-bond acceptors (Lipinski definition) is 4. The molecule has 2 atom stereocenters. The number of hydrogen-bond donors (Lipinski definition) is 3. The third kappa shape index (κ3) is 3.98. The van der Waals surface area contributed by atoms with Gasteiger partial charge in [0.2, 0.25) is 0 Å². The van der Waals surface area contributed by atoms with Crippen LogP contribution in [0.4, 0.5) is 0 Å². The quantitative estimate of drug-likeness (QED) is 0.773. The fourth-order valence-corrected chi connectivity index (χ4v) is 2.96. The molecule has 2 aromatic rings. The summed E-state index contributed by atoms with van der Waals surface area (Å²) in [6.07, 6.45) is 4.84. The molecule has 23 heavy (non-hydrogen) atoms. The van der Waals surface area contributed by atoms with Crippen LogP contribution in [-0.2, 0) is 6.42 Å². The fraction of sp³-hybridized carbons (Fsp3) is 0.562. The second-order valence-electron chi connectivity index (χ2n) is 6.30. The molecule has 0 aromatic carbocycles. The monoisotopic (exact) mass is 316 g/mol. The average Bonchev–Trinajstić information content (AvgIpc) is 3.17. The molecule has 0 spiro atoms. The van der Waals surface area contributed by atoms with E-state index in [1.54, 1.807) is 6.07 Å². The van der Waals surface area contributed by atoms with E-state index in [2.05, 4.69) is 25.9 Å². The van der Waals surface area contributed by atoms with Crippen molar-refractivity contribution in [3.8, 4) is 0 Å². The van der Waals surface area contributed by atoms with Crippen molar-refractivity contribution < 1.29 is 4.79 Å². The molecule has 0 aliphatic carbocycles. The minimum atomic E-state index is -0.132. The lowest BCUT2D eigenvalue weighted by molar-refractivity contribution is 0.0933. The Balaban J connectivity index is 1.56. The van der Waals surface area contributed by atoms with Gasteiger partial charge in [-0.3, -0.25) is 14.6 Å². The molecule has 1 saturated heterocycles. The van der Waals surface area contributed by atoms with E-state index < -0.39 is 0 Å². The summed E-state index contributed by atoms with van der Waals surface area (Å²) in [6.45, 7) is 5.92. The first-order chi connectivity index (χ1) is 11.1. The van der Waals surface area contributed by atoms with Crippen LogP contribution in [0.1, 0.15) is 47.7 Å². The minimum Gasteiger partial charge on any atom is -0.348 e. The van der Waals surface area contributed by atoms with E-state index in [0.717, 1.165) is 37.3 Å². The number of aromatic nitrogens is 4. The van der Waals surface area contributed by atoms with E-state index in [0.29, 0.717) is 18.2 Å². The van der Waals surface area contributed by atoms with Gasteiger partial charge in [0.1, 0.15) is 5.69 Å². The normalized spacial score (nSPS) is 19.5. The topological polar surface area (TPSA) is 87.6 Å². The molecule has 7 nitrogen and oxygen atoms in total. The van der Waals surface area contributed by atoms with Crippen LogP contribution in [0.5, 0.6) is 0 Å². The zero-order valence-corrected chi connectivity index (χ0v) is 13.7. The number of nitrogens with zero attached hydrogens (tertiary/aromatic N) is 3. The lowest BCUT2D eigenvalue weighted by Gasteiger charge is -2.22. The zero-order chi connectivity index (χ0) is 16.2. The van der Waals surface area contributed by atoms with Gasteiger partial charge in [-0.25, -0.2) is 0 Å². The van der Waals surface area contributed by atoms with E-state index in [-0.39, 0.29) is 11.9 Å². The predicted molar refractivity (Wildman–Crippen MR) is 87.3 cm³/mol. The Morgan fingerprint density at radius 2 is 2.43 bits per heavy atom. The summed E-state index contributed by atoms with van der Waals surface area (Å²) >= 11 is 0. The van der Waals surface area contributed by atoms with Gasteiger partial charge in [-0.1, -0.05) is 0 Å². The highest BCUT2D eigenvalue weighted by Crippen LogP contribution is 2.15. The number of rotatable bonds is 5. The summed E-state index contributed by atoms with van der Waals surface area (Å²) in [4.78, 5) is 12.3. The molecule has 0 saturated carbocycles. The Morgan fingerprint density at radius 1 is 1.57 bits per heavy atom. The van der Waals surface area contributed by atoms with E-state index in [1.807, 2.05) is 30.8 Å². The van der Waals surface area contributed by atoms with Crippen LogP contribution in [0.2, 0.25) is 0 Å². The van der Waals surface area contributed by atoms with Crippen LogP contribution in [-0.4, -0.2) is 45.0 Å². The predicted octanol–water partition coefficient (Wildman–Crippen LogP) is 1.20. The van der Waals surface area contributed by atoms with E-state index in [1.165, 1.54) is 0 Å². The van der Waals surface area contributed by atoms with Gasteiger partial charge in [0.05, 0.1) is 11.7 Å².